The smallest absolute Gasteiger partial charge is 0.400 e. The van der Waals surface area contributed by atoms with Crippen molar-refractivity contribution in [2.45, 2.75) is 61.4 Å². The van der Waals surface area contributed by atoms with Crippen molar-refractivity contribution in [3.05, 3.63) is 0 Å². The number of ether oxygens (including phenoxy) is 4. The van der Waals surface area contributed by atoms with Gasteiger partial charge in [-0.2, -0.15) is 8.42 Å². The van der Waals surface area contributed by atoms with Gasteiger partial charge in [-0.25, -0.2) is 18.0 Å². The first-order chi connectivity index (χ1) is 15.3. The Hall–Kier alpha value is -1.55. The lowest BCUT2D eigenvalue weighted by molar-refractivity contribution is -0.350. The van der Waals surface area contributed by atoms with Crippen molar-refractivity contribution in [3.63, 3.8) is 0 Å². The molecule has 2 fully saturated rings. The maximum atomic E-state index is 11.9. The first kappa shape index (κ1) is 27.7. The molecule has 2 heterocycles. The SMILES string of the molecule is COC(=O)COS(=O)(=O)OC1C(C(=O)O)OC(OC2C(O)C(O)OC(CO)C2O)C(O)C1O. The normalized spacial score (nSPS) is 39.7. The molecule has 7 N–H and O–H groups in total. The fourth-order valence-electron chi connectivity index (χ4n) is 2.98. The number of rotatable bonds is 9. The Morgan fingerprint density at radius 1 is 0.939 bits per heavy atom. The number of aliphatic hydroxyl groups is 6. The van der Waals surface area contributed by atoms with E-state index in [1.807, 2.05) is 0 Å². The van der Waals surface area contributed by atoms with E-state index >= 15 is 0 Å². The summed E-state index contributed by atoms with van der Waals surface area (Å²) in [6.45, 7) is -1.96. The van der Waals surface area contributed by atoms with Gasteiger partial charge in [-0.3, -0.25) is 0 Å². The fraction of sp³-hybridized carbons (Fsp3) is 0.867. The molecule has 33 heavy (non-hydrogen) atoms. The largest absolute Gasteiger partial charge is 0.479 e. The number of aliphatic carboxylic acids is 1. The molecule has 2 saturated heterocycles. The monoisotopic (exact) mass is 508 g/mol. The minimum absolute atomic E-state index is 0.821. The maximum Gasteiger partial charge on any atom is 0.400 e. The highest BCUT2D eigenvalue weighted by Crippen LogP contribution is 2.30. The van der Waals surface area contributed by atoms with Crippen molar-refractivity contribution >= 4 is 22.3 Å². The molecule has 192 valence electrons. The molecular weight excluding hydrogens is 484 g/mol. The molecule has 0 amide bonds. The second-order valence-corrected chi connectivity index (χ2v) is 8.13. The van der Waals surface area contributed by atoms with Crippen LogP contribution in [-0.2, 0) is 47.3 Å². The molecule has 0 aromatic carbocycles. The summed E-state index contributed by atoms with van der Waals surface area (Å²) < 4.78 is 51.4. The third-order valence-electron chi connectivity index (χ3n) is 4.70. The molecule has 2 aliphatic heterocycles. The fourth-order valence-corrected chi connectivity index (χ4v) is 3.76. The van der Waals surface area contributed by atoms with Gasteiger partial charge in [-0.15, -0.1) is 0 Å². The lowest BCUT2D eigenvalue weighted by atomic mass is 9.97. The number of carbonyl (C=O) groups excluding carboxylic acids is 1. The zero-order chi connectivity index (χ0) is 25.1. The Bertz CT molecular complexity index is 787. The van der Waals surface area contributed by atoms with Crippen molar-refractivity contribution < 1.29 is 81.1 Å². The number of carboxylic acid groups (broad SMARTS) is 1. The van der Waals surface area contributed by atoms with Gasteiger partial charge >= 0.3 is 22.3 Å². The van der Waals surface area contributed by atoms with Crippen LogP contribution in [0, 0.1) is 0 Å². The number of carboxylic acids is 1. The second-order valence-electron chi connectivity index (χ2n) is 6.88. The Labute approximate surface area is 185 Å². The summed E-state index contributed by atoms with van der Waals surface area (Å²) in [5.74, 6) is -3.01. The summed E-state index contributed by atoms with van der Waals surface area (Å²) in [5.41, 5.74) is 0. The summed E-state index contributed by atoms with van der Waals surface area (Å²) in [4.78, 5) is 22.6. The number of hydrogen-bond acceptors (Lipinski definition) is 16. The van der Waals surface area contributed by atoms with E-state index in [4.69, 9.17) is 14.2 Å². The maximum absolute atomic E-state index is 11.9. The van der Waals surface area contributed by atoms with E-state index < -0.39 is 97.0 Å². The van der Waals surface area contributed by atoms with Crippen LogP contribution in [-0.4, -0.2) is 138 Å². The lowest BCUT2D eigenvalue weighted by Crippen LogP contribution is -2.65. The van der Waals surface area contributed by atoms with Crippen LogP contribution in [0.2, 0.25) is 0 Å². The van der Waals surface area contributed by atoms with Gasteiger partial charge in [0.05, 0.1) is 13.7 Å². The van der Waals surface area contributed by atoms with Crippen LogP contribution in [0.3, 0.4) is 0 Å². The van der Waals surface area contributed by atoms with Gasteiger partial charge in [-0.05, 0) is 0 Å². The molecule has 0 spiro atoms. The van der Waals surface area contributed by atoms with Gasteiger partial charge in [0.25, 0.3) is 0 Å². The molecule has 0 saturated carbocycles. The minimum Gasteiger partial charge on any atom is -0.479 e. The summed E-state index contributed by atoms with van der Waals surface area (Å²) in [6.07, 6.45) is -20.2. The summed E-state index contributed by atoms with van der Waals surface area (Å²) >= 11 is 0. The van der Waals surface area contributed by atoms with E-state index in [2.05, 4.69) is 13.1 Å². The molecule has 0 aromatic heterocycles. The van der Waals surface area contributed by atoms with Crippen molar-refractivity contribution in [2.24, 2.45) is 0 Å². The van der Waals surface area contributed by atoms with E-state index in [9.17, 15) is 53.8 Å². The molecular formula is C15H24O17S. The van der Waals surface area contributed by atoms with Crippen molar-refractivity contribution in [3.8, 4) is 0 Å². The van der Waals surface area contributed by atoms with Crippen LogP contribution in [0.5, 0.6) is 0 Å². The van der Waals surface area contributed by atoms with Crippen LogP contribution < -0.4 is 0 Å². The Morgan fingerprint density at radius 3 is 2.12 bits per heavy atom. The average molecular weight is 508 g/mol. The summed E-state index contributed by atoms with van der Waals surface area (Å²) in [5, 5.41) is 68.9. The topological polar surface area (TPSA) is 265 Å². The average Bonchev–Trinajstić information content (AvgIpc) is 2.76. The predicted octanol–water partition coefficient (Wildman–Crippen LogP) is -5.85. The van der Waals surface area contributed by atoms with Crippen LogP contribution in [0.15, 0.2) is 0 Å². The van der Waals surface area contributed by atoms with Crippen LogP contribution in [0.1, 0.15) is 0 Å². The predicted molar refractivity (Wildman–Crippen MR) is 94.9 cm³/mol. The zero-order valence-electron chi connectivity index (χ0n) is 16.8. The quantitative estimate of drug-likeness (QED) is 0.143. The van der Waals surface area contributed by atoms with E-state index in [1.54, 1.807) is 0 Å². The van der Waals surface area contributed by atoms with E-state index in [0.29, 0.717) is 0 Å². The highest BCUT2D eigenvalue weighted by molar-refractivity contribution is 7.81. The zero-order valence-corrected chi connectivity index (χ0v) is 17.6. The summed E-state index contributed by atoms with van der Waals surface area (Å²) in [6, 6.07) is 0. The van der Waals surface area contributed by atoms with E-state index in [-0.39, 0.29) is 0 Å². The summed E-state index contributed by atoms with van der Waals surface area (Å²) in [7, 11) is -4.17. The van der Waals surface area contributed by atoms with Gasteiger partial charge in [0.1, 0.15) is 42.7 Å². The standard InChI is InChI=1S/C15H24O17S/c1-27-5(17)3-28-33(25,26)32-11-7(19)8(20)15(31-12(11)13(22)23)30-10-6(18)4(2-16)29-14(24)9(10)21/h4,6-12,14-16,18-21,24H,2-3H2,1H3,(H,22,23). The molecule has 10 atom stereocenters. The highest BCUT2D eigenvalue weighted by Gasteiger charge is 2.54. The first-order valence-electron chi connectivity index (χ1n) is 9.17. The third kappa shape index (κ3) is 6.53. The van der Waals surface area contributed by atoms with Gasteiger partial charge < -0.3 is 54.7 Å². The third-order valence-corrected chi connectivity index (χ3v) is 5.56. The Balaban J connectivity index is 2.18. The van der Waals surface area contributed by atoms with E-state index in [1.165, 1.54) is 0 Å². The Kier molecular flexibility index (Phi) is 9.44. The molecule has 0 aliphatic carbocycles. The Morgan fingerprint density at radius 2 is 1.58 bits per heavy atom. The molecule has 0 bridgehead atoms. The minimum atomic E-state index is -5.10. The van der Waals surface area contributed by atoms with Crippen molar-refractivity contribution in [1.29, 1.82) is 0 Å². The van der Waals surface area contributed by atoms with Crippen molar-refractivity contribution in [1.82, 2.24) is 0 Å². The number of carbonyl (C=O) groups is 2. The van der Waals surface area contributed by atoms with Crippen LogP contribution >= 0.6 is 0 Å². The van der Waals surface area contributed by atoms with E-state index in [0.717, 1.165) is 7.11 Å². The van der Waals surface area contributed by atoms with Crippen molar-refractivity contribution in [2.75, 3.05) is 20.3 Å². The van der Waals surface area contributed by atoms with Crippen LogP contribution in [0.25, 0.3) is 0 Å². The van der Waals surface area contributed by atoms with Gasteiger partial charge in [-0.1, -0.05) is 0 Å². The number of hydrogen-bond donors (Lipinski definition) is 7. The molecule has 10 unspecified atom stereocenters. The molecule has 2 rings (SSSR count). The molecule has 18 heteroatoms. The number of aliphatic hydroxyl groups excluding tert-OH is 6. The molecule has 0 aromatic rings. The van der Waals surface area contributed by atoms with Gasteiger partial charge in [0.2, 0.25) is 0 Å². The lowest BCUT2D eigenvalue weighted by Gasteiger charge is -2.45. The van der Waals surface area contributed by atoms with Crippen LogP contribution in [0.4, 0.5) is 0 Å². The van der Waals surface area contributed by atoms with Gasteiger partial charge in [0.15, 0.2) is 25.3 Å². The van der Waals surface area contributed by atoms with Gasteiger partial charge in [0, 0.05) is 0 Å². The second kappa shape index (κ2) is 11.3. The highest BCUT2D eigenvalue weighted by atomic mass is 32.3. The molecule has 17 nitrogen and oxygen atoms in total. The number of esters is 1. The first-order valence-corrected chi connectivity index (χ1v) is 10.5. The molecule has 2 aliphatic rings. The molecule has 0 radical (unpaired) electrons. The number of methoxy groups -OCH3 is 1.